The van der Waals surface area contributed by atoms with Crippen molar-refractivity contribution in [3.63, 3.8) is 0 Å². The predicted molar refractivity (Wildman–Crippen MR) is 113 cm³/mol. The van der Waals surface area contributed by atoms with E-state index in [9.17, 15) is 8.42 Å². The first kappa shape index (κ1) is 20.4. The minimum atomic E-state index is -4.10. The minimum Gasteiger partial charge on any atom is -0.496 e. The van der Waals surface area contributed by atoms with Crippen molar-refractivity contribution >= 4 is 26.8 Å². The molecule has 9 heteroatoms. The number of benzene rings is 2. The van der Waals surface area contributed by atoms with Crippen LogP contribution in [0.2, 0.25) is 0 Å². The van der Waals surface area contributed by atoms with Gasteiger partial charge in [0.1, 0.15) is 22.1 Å². The summed E-state index contributed by atoms with van der Waals surface area (Å²) in [6.45, 7) is 4.39. The van der Waals surface area contributed by atoms with Gasteiger partial charge in [0.25, 0.3) is 0 Å². The molecule has 160 valence electrons. The van der Waals surface area contributed by atoms with E-state index in [0.29, 0.717) is 22.5 Å². The summed E-state index contributed by atoms with van der Waals surface area (Å²) >= 11 is 0. The molecule has 3 aromatic rings. The highest BCUT2D eigenvalue weighted by molar-refractivity contribution is 7.87. The second-order valence-corrected chi connectivity index (χ2v) is 8.71. The van der Waals surface area contributed by atoms with Crippen molar-refractivity contribution in [3.05, 3.63) is 42.7 Å². The quantitative estimate of drug-likeness (QED) is 0.595. The van der Waals surface area contributed by atoms with Crippen molar-refractivity contribution in [2.75, 3.05) is 38.8 Å². The number of nitrogens with zero attached hydrogens (tertiary/aromatic N) is 1. The molecular weight excluding hydrogens is 408 g/mol. The first-order valence-corrected chi connectivity index (χ1v) is 11.0. The van der Waals surface area contributed by atoms with Gasteiger partial charge in [0.15, 0.2) is 5.58 Å². The number of fused-ring (bicyclic) bond motifs is 1. The van der Waals surface area contributed by atoms with Crippen molar-refractivity contribution in [1.29, 1.82) is 0 Å². The smallest absolute Gasteiger partial charge is 0.339 e. The van der Waals surface area contributed by atoms with Gasteiger partial charge in [-0.05, 0) is 25.1 Å². The monoisotopic (exact) mass is 432 g/mol. The highest BCUT2D eigenvalue weighted by Crippen LogP contribution is 2.34. The van der Waals surface area contributed by atoms with Gasteiger partial charge in [-0.2, -0.15) is 8.42 Å². The van der Waals surface area contributed by atoms with Crippen molar-refractivity contribution in [1.82, 2.24) is 5.32 Å². The minimum absolute atomic E-state index is 0.0550. The molecule has 1 atom stereocenters. The Balaban J connectivity index is 1.73. The van der Waals surface area contributed by atoms with Crippen LogP contribution in [0.4, 0.5) is 5.69 Å². The molecule has 1 N–H and O–H groups in total. The molecule has 0 amide bonds. The standard InChI is InChI=1S/C21H24N2O6S/c1-14-13-23(6-5-22-14)20-12-19(8-15-4-7-28-21(15)20)30(24,25)29-18-10-16(26-2)9-17(11-18)27-3/h4,7-12,14,22H,5-6,13H2,1-3H3/t14-/m1/s1. The summed E-state index contributed by atoms with van der Waals surface area (Å²) in [7, 11) is -1.13. The Bertz CT molecular complexity index is 1140. The van der Waals surface area contributed by atoms with Crippen LogP contribution in [0, 0.1) is 0 Å². The maximum absolute atomic E-state index is 13.1. The van der Waals surface area contributed by atoms with E-state index in [-0.39, 0.29) is 16.7 Å². The van der Waals surface area contributed by atoms with Crippen molar-refractivity contribution in [3.8, 4) is 17.2 Å². The lowest BCUT2D eigenvalue weighted by Gasteiger charge is -2.33. The Kier molecular flexibility index (Phi) is 5.48. The van der Waals surface area contributed by atoms with Crippen LogP contribution >= 0.6 is 0 Å². The lowest BCUT2D eigenvalue weighted by molar-refractivity contribution is 0.390. The van der Waals surface area contributed by atoms with E-state index < -0.39 is 10.1 Å². The summed E-state index contributed by atoms with van der Waals surface area (Å²) in [4.78, 5) is 2.18. The van der Waals surface area contributed by atoms with Gasteiger partial charge in [-0.25, -0.2) is 0 Å². The van der Waals surface area contributed by atoms with Gasteiger partial charge < -0.3 is 28.3 Å². The number of hydrogen-bond donors (Lipinski definition) is 1. The molecule has 1 aliphatic heterocycles. The molecule has 1 aliphatic rings. The summed E-state index contributed by atoms with van der Waals surface area (Å²) in [6.07, 6.45) is 1.56. The van der Waals surface area contributed by atoms with Crippen LogP contribution < -0.4 is 23.9 Å². The molecule has 0 aliphatic carbocycles. The fourth-order valence-corrected chi connectivity index (χ4v) is 4.54. The SMILES string of the molecule is COc1cc(OC)cc(OS(=O)(=O)c2cc(N3CCN[C@H](C)C3)c3occc3c2)c1. The summed E-state index contributed by atoms with van der Waals surface area (Å²) in [5.41, 5.74) is 1.39. The zero-order chi connectivity index (χ0) is 21.3. The summed E-state index contributed by atoms with van der Waals surface area (Å²) in [6, 6.07) is 9.82. The predicted octanol–water partition coefficient (Wildman–Crippen LogP) is 3.02. The molecule has 2 heterocycles. The van der Waals surface area contributed by atoms with Gasteiger partial charge in [-0.3, -0.25) is 0 Å². The van der Waals surface area contributed by atoms with Gasteiger partial charge in [0.2, 0.25) is 0 Å². The van der Waals surface area contributed by atoms with Crippen LogP contribution in [-0.4, -0.2) is 48.3 Å². The molecule has 0 bridgehead atoms. The van der Waals surface area contributed by atoms with Gasteiger partial charge in [0.05, 0.1) is 26.2 Å². The van der Waals surface area contributed by atoms with Crippen molar-refractivity contribution < 1.29 is 26.5 Å². The Morgan fingerprint density at radius 1 is 1.07 bits per heavy atom. The number of piperazine rings is 1. The third-order valence-electron chi connectivity index (χ3n) is 5.03. The summed E-state index contributed by atoms with van der Waals surface area (Å²) in [5.74, 6) is 0.969. The molecule has 0 radical (unpaired) electrons. The van der Waals surface area contributed by atoms with Crippen LogP contribution in [-0.2, 0) is 10.1 Å². The first-order valence-electron chi connectivity index (χ1n) is 9.57. The van der Waals surface area contributed by atoms with E-state index in [1.165, 1.54) is 26.4 Å². The average Bonchev–Trinajstić information content (AvgIpc) is 3.21. The Morgan fingerprint density at radius 2 is 1.77 bits per heavy atom. The highest BCUT2D eigenvalue weighted by atomic mass is 32.2. The van der Waals surface area contributed by atoms with Crippen LogP contribution in [0.15, 0.2) is 52.0 Å². The molecule has 30 heavy (non-hydrogen) atoms. The molecule has 1 fully saturated rings. The summed E-state index contributed by atoms with van der Waals surface area (Å²) < 4.78 is 47.7. The normalized spacial score (nSPS) is 17.2. The Labute approximate surface area is 175 Å². The number of anilines is 1. The zero-order valence-electron chi connectivity index (χ0n) is 17.0. The van der Waals surface area contributed by atoms with E-state index in [2.05, 4.69) is 17.1 Å². The second kappa shape index (κ2) is 8.08. The average molecular weight is 432 g/mol. The first-order chi connectivity index (χ1) is 14.4. The molecule has 1 saturated heterocycles. The topological polar surface area (TPSA) is 90.2 Å². The van der Waals surface area contributed by atoms with Crippen LogP contribution in [0.1, 0.15) is 6.92 Å². The molecule has 8 nitrogen and oxygen atoms in total. The maximum Gasteiger partial charge on any atom is 0.339 e. The lowest BCUT2D eigenvalue weighted by Crippen LogP contribution is -2.49. The summed E-state index contributed by atoms with van der Waals surface area (Å²) in [5, 5.41) is 4.08. The second-order valence-electron chi connectivity index (χ2n) is 7.17. The fraction of sp³-hybridized carbons (Fsp3) is 0.333. The molecular formula is C21H24N2O6S. The maximum atomic E-state index is 13.1. The van der Waals surface area contributed by atoms with Crippen LogP contribution in [0.25, 0.3) is 11.0 Å². The van der Waals surface area contributed by atoms with Crippen LogP contribution in [0.3, 0.4) is 0 Å². The molecule has 4 rings (SSSR count). The fourth-order valence-electron chi connectivity index (χ4n) is 3.57. The Morgan fingerprint density at radius 3 is 2.43 bits per heavy atom. The van der Waals surface area contributed by atoms with Crippen molar-refractivity contribution in [2.45, 2.75) is 17.9 Å². The van der Waals surface area contributed by atoms with Gasteiger partial charge in [-0.1, -0.05) is 0 Å². The van der Waals surface area contributed by atoms with E-state index in [0.717, 1.165) is 25.3 Å². The molecule has 0 unspecified atom stereocenters. The van der Waals surface area contributed by atoms with Crippen molar-refractivity contribution in [2.24, 2.45) is 0 Å². The van der Waals surface area contributed by atoms with Gasteiger partial charge in [0, 0.05) is 49.3 Å². The molecule has 2 aromatic carbocycles. The van der Waals surface area contributed by atoms with Gasteiger partial charge >= 0.3 is 10.1 Å². The van der Waals surface area contributed by atoms with Crippen LogP contribution in [0.5, 0.6) is 17.2 Å². The lowest BCUT2D eigenvalue weighted by atomic mass is 10.1. The van der Waals surface area contributed by atoms with E-state index in [4.69, 9.17) is 18.1 Å². The van der Waals surface area contributed by atoms with E-state index in [1.807, 2.05) is 0 Å². The molecule has 0 spiro atoms. The third kappa shape index (κ3) is 4.03. The van der Waals surface area contributed by atoms with E-state index >= 15 is 0 Å². The number of nitrogens with one attached hydrogen (secondary N) is 1. The number of rotatable bonds is 6. The highest BCUT2D eigenvalue weighted by Gasteiger charge is 2.25. The molecule has 0 saturated carbocycles. The van der Waals surface area contributed by atoms with Gasteiger partial charge in [-0.15, -0.1) is 0 Å². The Hall–Kier alpha value is -2.91. The van der Waals surface area contributed by atoms with E-state index in [1.54, 1.807) is 30.5 Å². The third-order valence-corrected chi connectivity index (χ3v) is 6.26. The molecule has 1 aromatic heterocycles. The number of ether oxygens (including phenoxy) is 2. The largest absolute Gasteiger partial charge is 0.496 e. The number of hydrogen-bond acceptors (Lipinski definition) is 8. The zero-order valence-corrected chi connectivity index (χ0v) is 17.9. The number of methoxy groups -OCH3 is 2. The number of furan rings is 1.